The van der Waals surface area contributed by atoms with E-state index in [1.54, 1.807) is 0 Å². The van der Waals surface area contributed by atoms with Gasteiger partial charge in [0.2, 0.25) is 5.91 Å². The Morgan fingerprint density at radius 1 is 1.14 bits per heavy atom. The molecule has 0 unspecified atom stereocenters. The fourth-order valence-corrected chi connectivity index (χ4v) is 4.19. The number of carbonyl (C=O) groups excluding carboxylic acids is 1. The quantitative estimate of drug-likeness (QED) is 0.599. The third-order valence-corrected chi connectivity index (χ3v) is 5.84. The molecule has 3 aromatic rings. The molecule has 144 valence electrons. The van der Waals surface area contributed by atoms with Gasteiger partial charge in [-0.3, -0.25) is 4.79 Å². The van der Waals surface area contributed by atoms with Crippen LogP contribution >= 0.6 is 11.8 Å². The Bertz CT molecular complexity index is 974. The van der Waals surface area contributed by atoms with Crippen molar-refractivity contribution in [3.05, 3.63) is 66.0 Å². The third-order valence-electron chi connectivity index (χ3n) is 4.84. The van der Waals surface area contributed by atoms with E-state index in [0.717, 1.165) is 23.7 Å². The van der Waals surface area contributed by atoms with Crippen LogP contribution in [-0.2, 0) is 24.9 Å². The number of aromatic nitrogens is 3. The van der Waals surface area contributed by atoms with E-state index in [1.807, 2.05) is 65.0 Å². The molecule has 0 aliphatic carbocycles. The van der Waals surface area contributed by atoms with Crippen LogP contribution in [0.15, 0.2) is 59.8 Å². The summed E-state index contributed by atoms with van der Waals surface area (Å²) in [7, 11) is 1.89. The van der Waals surface area contributed by atoms with Gasteiger partial charge in [0.25, 0.3) is 0 Å². The first-order valence-corrected chi connectivity index (χ1v) is 10.2. The molecule has 0 spiro atoms. The number of benzene rings is 2. The minimum atomic E-state index is 0.0903. The molecule has 0 saturated carbocycles. The van der Waals surface area contributed by atoms with Crippen molar-refractivity contribution in [2.24, 2.45) is 7.05 Å². The highest BCUT2D eigenvalue weighted by Crippen LogP contribution is 2.32. The number of hydrogen-bond acceptors (Lipinski definition) is 5. The Labute approximate surface area is 168 Å². The summed E-state index contributed by atoms with van der Waals surface area (Å²) in [5.74, 6) is 1.92. The van der Waals surface area contributed by atoms with Gasteiger partial charge in [0.1, 0.15) is 12.4 Å². The van der Waals surface area contributed by atoms with E-state index < -0.39 is 0 Å². The molecule has 7 heteroatoms. The summed E-state index contributed by atoms with van der Waals surface area (Å²) in [4.78, 5) is 14.7. The first-order valence-electron chi connectivity index (χ1n) is 9.22. The van der Waals surface area contributed by atoms with Crippen LogP contribution in [0.5, 0.6) is 5.75 Å². The van der Waals surface area contributed by atoms with Crippen LogP contribution in [0.25, 0.3) is 0 Å². The van der Waals surface area contributed by atoms with Crippen molar-refractivity contribution in [2.45, 2.75) is 31.1 Å². The van der Waals surface area contributed by atoms with Crippen molar-refractivity contribution < 1.29 is 9.53 Å². The smallest absolute Gasteiger partial charge is 0.237 e. The molecule has 0 saturated heterocycles. The summed E-state index contributed by atoms with van der Waals surface area (Å²) in [6, 6.07) is 17.9. The fraction of sp³-hybridized carbons (Fsp3) is 0.286. The summed E-state index contributed by atoms with van der Waals surface area (Å²) in [6.45, 7) is 2.42. The molecule has 1 aliphatic rings. The minimum absolute atomic E-state index is 0.0903. The number of para-hydroxylation sites is 2. The van der Waals surface area contributed by atoms with Crippen molar-refractivity contribution in [1.82, 2.24) is 14.8 Å². The molecule has 6 nitrogen and oxygen atoms in total. The lowest BCUT2D eigenvalue weighted by Crippen LogP contribution is -2.37. The largest absolute Gasteiger partial charge is 0.486 e. The summed E-state index contributed by atoms with van der Waals surface area (Å²) >= 11 is 1.40. The molecule has 1 amide bonds. The Hall–Kier alpha value is -2.80. The van der Waals surface area contributed by atoms with Gasteiger partial charge in [-0.15, -0.1) is 10.2 Å². The van der Waals surface area contributed by atoms with E-state index in [1.165, 1.54) is 17.3 Å². The number of amides is 1. The summed E-state index contributed by atoms with van der Waals surface area (Å²) in [5, 5.41) is 9.12. The van der Waals surface area contributed by atoms with E-state index in [4.69, 9.17) is 4.74 Å². The molecule has 1 aromatic heterocycles. The highest BCUT2D eigenvalue weighted by molar-refractivity contribution is 7.99. The van der Waals surface area contributed by atoms with Gasteiger partial charge >= 0.3 is 0 Å². The first kappa shape index (κ1) is 18.6. The Morgan fingerprint density at radius 3 is 2.71 bits per heavy atom. The van der Waals surface area contributed by atoms with E-state index >= 15 is 0 Å². The maximum absolute atomic E-state index is 12.8. The van der Waals surface area contributed by atoms with Crippen molar-refractivity contribution >= 4 is 23.4 Å². The van der Waals surface area contributed by atoms with Crippen molar-refractivity contribution in [3.63, 3.8) is 0 Å². The molecule has 28 heavy (non-hydrogen) atoms. The zero-order chi connectivity index (χ0) is 19.5. The van der Waals surface area contributed by atoms with Crippen LogP contribution in [0, 0.1) is 0 Å². The van der Waals surface area contributed by atoms with Gasteiger partial charge in [-0.25, -0.2) is 0 Å². The number of carbonyl (C=O) groups is 1. The standard InChI is InChI=1S/C21H22N4O2S/c1-15-12-16-8-6-7-11-18(16)25(15)20(26)14-28-21-23-22-19(24(21)2)13-27-17-9-4-3-5-10-17/h3-11,15H,12-14H2,1-2H3/t15-/m1/s1. The Morgan fingerprint density at radius 2 is 1.89 bits per heavy atom. The fourth-order valence-electron chi connectivity index (χ4n) is 3.40. The zero-order valence-corrected chi connectivity index (χ0v) is 16.7. The van der Waals surface area contributed by atoms with Crippen LogP contribution in [-0.4, -0.2) is 32.5 Å². The second kappa shape index (κ2) is 8.06. The molecule has 0 N–H and O–H groups in total. The highest BCUT2D eigenvalue weighted by atomic mass is 32.2. The van der Waals surface area contributed by atoms with Crippen LogP contribution in [0.2, 0.25) is 0 Å². The maximum Gasteiger partial charge on any atom is 0.237 e. The molecule has 4 rings (SSSR count). The highest BCUT2D eigenvalue weighted by Gasteiger charge is 2.30. The van der Waals surface area contributed by atoms with Gasteiger partial charge in [-0.2, -0.15) is 0 Å². The molecular formula is C21H22N4O2S. The number of fused-ring (bicyclic) bond motifs is 1. The van der Waals surface area contributed by atoms with E-state index in [2.05, 4.69) is 23.2 Å². The lowest BCUT2D eigenvalue weighted by Gasteiger charge is -2.22. The lowest BCUT2D eigenvalue weighted by molar-refractivity contribution is -0.116. The lowest BCUT2D eigenvalue weighted by atomic mass is 10.1. The second-order valence-corrected chi connectivity index (χ2v) is 7.74. The molecule has 2 heterocycles. The first-order chi connectivity index (χ1) is 13.6. The zero-order valence-electron chi connectivity index (χ0n) is 15.9. The van der Waals surface area contributed by atoms with Crippen LogP contribution < -0.4 is 9.64 Å². The number of anilines is 1. The monoisotopic (exact) mass is 394 g/mol. The molecule has 0 fully saturated rings. The molecule has 0 bridgehead atoms. The van der Waals surface area contributed by atoms with Gasteiger partial charge in [0, 0.05) is 18.8 Å². The van der Waals surface area contributed by atoms with Gasteiger partial charge in [-0.05, 0) is 37.1 Å². The van der Waals surface area contributed by atoms with Crippen LogP contribution in [0.4, 0.5) is 5.69 Å². The van der Waals surface area contributed by atoms with Gasteiger partial charge in [0.05, 0.1) is 5.75 Å². The molecular weight excluding hydrogens is 372 g/mol. The number of hydrogen-bond donors (Lipinski definition) is 0. The second-order valence-electron chi connectivity index (χ2n) is 6.79. The molecule has 0 radical (unpaired) electrons. The predicted octanol–water partition coefficient (Wildman–Crippen LogP) is 3.46. The Kier molecular flexibility index (Phi) is 5.34. The average molecular weight is 395 g/mol. The molecule has 2 aromatic carbocycles. The SMILES string of the molecule is C[C@@H]1Cc2ccccc2N1C(=O)CSc1nnc(COc2ccccc2)n1C. The minimum Gasteiger partial charge on any atom is -0.486 e. The van der Waals surface area contributed by atoms with E-state index in [0.29, 0.717) is 17.5 Å². The predicted molar refractivity (Wildman–Crippen MR) is 110 cm³/mol. The van der Waals surface area contributed by atoms with Crippen LogP contribution in [0.1, 0.15) is 18.3 Å². The van der Waals surface area contributed by atoms with Crippen molar-refractivity contribution in [2.75, 3.05) is 10.7 Å². The summed E-state index contributed by atoms with van der Waals surface area (Å²) in [6.07, 6.45) is 0.900. The van der Waals surface area contributed by atoms with E-state index in [9.17, 15) is 4.79 Å². The summed E-state index contributed by atoms with van der Waals surface area (Å²) in [5.41, 5.74) is 2.25. The van der Waals surface area contributed by atoms with Gasteiger partial charge < -0.3 is 14.2 Å². The average Bonchev–Trinajstić information content (AvgIpc) is 3.24. The number of thioether (sulfide) groups is 1. The topological polar surface area (TPSA) is 60.3 Å². The number of ether oxygens (including phenoxy) is 1. The van der Waals surface area contributed by atoms with E-state index in [-0.39, 0.29) is 11.9 Å². The number of rotatable bonds is 6. The van der Waals surface area contributed by atoms with Crippen LogP contribution in [0.3, 0.4) is 0 Å². The Balaban J connectivity index is 1.38. The molecule has 1 aliphatic heterocycles. The normalized spacial score (nSPS) is 15.5. The van der Waals surface area contributed by atoms with Crippen molar-refractivity contribution in [1.29, 1.82) is 0 Å². The molecule has 1 atom stereocenters. The number of nitrogens with zero attached hydrogens (tertiary/aromatic N) is 4. The van der Waals surface area contributed by atoms with Gasteiger partial charge in [-0.1, -0.05) is 48.2 Å². The maximum atomic E-state index is 12.8. The van der Waals surface area contributed by atoms with Gasteiger partial charge in [0.15, 0.2) is 11.0 Å². The van der Waals surface area contributed by atoms with Crippen molar-refractivity contribution in [3.8, 4) is 5.75 Å². The third kappa shape index (κ3) is 3.75. The summed E-state index contributed by atoms with van der Waals surface area (Å²) < 4.78 is 7.62.